The van der Waals surface area contributed by atoms with Gasteiger partial charge in [-0.15, -0.1) is 0 Å². The smallest absolute Gasteiger partial charge is 0.275 e. The molecule has 0 fully saturated rings. The number of nitro groups is 2. The van der Waals surface area contributed by atoms with Gasteiger partial charge < -0.3 is 9.84 Å². The third-order valence-electron chi connectivity index (χ3n) is 3.23. The van der Waals surface area contributed by atoms with E-state index >= 15 is 0 Å². The van der Waals surface area contributed by atoms with Crippen molar-refractivity contribution >= 4 is 23.5 Å². The number of nitro benzene ring substituents is 2. The van der Waals surface area contributed by atoms with Crippen LogP contribution in [0.3, 0.4) is 0 Å². The second-order valence-corrected chi connectivity index (χ2v) is 4.84. The summed E-state index contributed by atoms with van der Waals surface area (Å²) >= 11 is 0. The van der Waals surface area contributed by atoms with Crippen molar-refractivity contribution in [2.75, 3.05) is 7.11 Å². The minimum atomic E-state index is -0.799. The van der Waals surface area contributed by atoms with Crippen LogP contribution >= 0.6 is 0 Å². The maximum absolute atomic E-state index is 12.2. The number of aromatic hydroxyl groups is 1. The fourth-order valence-corrected chi connectivity index (χ4v) is 1.97. The summed E-state index contributed by atoms with van der Waals surface area (Å²) in [6.45, 7) is 0. The number of benzene rings is 2. The van der Waals surface area contributed by atoms with E-state index in [2.05, 4.69) is 10.5 Å². The number of carbonyl (C=O) groups excluding carboxylic acids is 1. The monoisotopic (exact) mass is 360 g/mol. The Morgan fingerprint density at radius 3 is 2.38 bits per heavy atom. The number of hydrogen-bond donors (Lipinski definition) is 2. The first-order valence-electron chi connectivity index (χ1n) is 6.96. The molecule has 0 aliphatic carbocycles. The van der Waals surface area contributed by atoms with Crippen molar-refractivity contribution in [3.8, 4) is 11.5 Å². The maximum atomic E-state index is 12.2. The summed E-state index contributed by atoms with van der Waals surface area (Å²) in [5, 5.41) is 34.8. The highest BCUT2D eigenvalue weighted by Gasteiger charge is 2.17. The van der Waals surface area contributed by atoms with E-state index in [0.29, 0.717) is 0 Å². The van der Waals surface area contributed by atoms with E-state index in [1.54, 1.807) is 0 Å². The number of phenols is 1. The summed E-state index contributed by atoms with van der Waals surface area (Å²) in [5.41, 5.74) is 1.42. The maximum Gasteiger partial charge on any atom is 0.275 e. The number of methoxy groups -OCH3 is 1. The fraction of sp³-hybridized carbons (Fsp3) is 0.0667. The summed E-state index contributed by atoms with van der Waals surface area (Å²) < 4.78 is 4.98. The highest BCUT2D eigenvalue weighted by molar-refractivity contribution is 5.98. The predicted molar refractivity (Wildman–Crippen MR) is 89.5 cm³/mol. The molecule has 0 radical (unpaired) electrons. The highest BCUT2D eigenvalue weighted by atomic mass is 16.6. The molecule has 0 aliphatic rings. The quantitative estimate of drug-likeness (QED) is 0.453. The molecule has 26 heavy (non-hydrogen) atoms. The molecule has 0 saturated heterocycles. The van der Waals surface area contributed by atoms with Crippen LogP contribution in [0.15, 0.2) is 41.5 Å². The fourth-order valence-electron chi connectivity index (χ4n) is 1.97. The molecule has 11 heteroatoms. The van der Waals surface area contributed by atoms with Crippen LogP contribution in [-0.4, -0.2) is 34.2 Å². The van der Waals surface area contributed by atoms with Gasteiger partial charge in [0.15, 0.2) is 0 Å². The molecule has 134 valence electrons. The van der Waals surface area contributed by atoms with E-state index in [1.165, 1.54) is 19.2 Å². The molecule has 0 aromatic heterocycles. The lowest BCUT2D eigenvalue weighted by Gasteiger charge is -2.06. The Bertz CT molecular complexity index is 911. The topological polar surface area (TPSA) is 157 Å². The molecule has 0 unspecified atom stereocenters. The van der Waals surface area contributed by atoms with Crippen LogP contribution in [0.25, 0.3) is 0 Å². The number of non-ortho nitro benzene ring substituents is 2. The number of ether oxygens (including phenoxy) is 1. The summed E-state index contributed by atoms with van der Waals surface area (Å²) in [5.74, 6) is -0.977. The SMILES string of the molecule is COc1ccc([N+](=O)[O-])cc1C(=O)N/N=C/c1cc([N+](=O)[O-])ccc1O. The molecule has 0 aliphatic heterocycles. The summed E-state index contributed by atoms with van der Waals surface area (Å²) in [4.78, 5) is 32.4. The van der Waals surface area contributed by atoms with E-state index < -0.39 is 15.8 Å². The number of rotatable bonds is 6. The normalized spacial score (nSPS) is 10.5. The first kappa shape index (κ1) is 18.3. The van der Waals surface area contributed by atoms with Crippen LogP contribution in [0.5, 0.6) is 11.5 Å². The van der Waals surface area contributed by atoms with Gasteiger partial charge in [-0.2, -0.15) is 5.10 Å². The van der Waals surface area contributed by atoms with E-state index in [9.17, 15) is 30.1 Å². The lowest BCUT2D eigenvalue weighted by Crippen LogP contribution is -2.18. The van der Waals surface area contributed by atoms with Crippen LogP contribution in [0, 0.1) is 20.2 Å². The zero-order valence-electron chi connectivity index (χ0n) is 13.3. The zero-order valence-corrected chi connectivity index (χ0v) is 13.3. The van der Waals surface area contributed by atoms with Crippen molar-refractivity contribution < 1.29 is 24.5 Å². The van der Waals surface area contributed by atoms with Crippen molar-refractivity contribution in [1.29, 1.82) is 0 Å². The minimum Gasteiger partial charge on any atom is -0.507 e. The Labute approximate surface area is 145 Å². The molecular formula is C15H12N4O7. The Morgan fingerprint density at radius 1 is 1.15 bits per heavy atom. The molecule has 0 spiro atoms. The van der Waals surface area contributed by atoms with Crippen LogP contribution in [-0.2, 0) is 0 Å². The molecule has 2 rings (SSSR count). The molecule has 0 saturated carbocycles. The van der Waals surface area contributed by atoms with E-state index in [0.717, 1.165) is 30.5 Å². The van der Waals surface area contributed by atoms with Gasteiger partial charge in [-0.25, -0.2) is 5.43 Å². The average molecular weight is 360 g/mol. The Hall–Kier alpha value is -4.02. The van der Waals surface area contributed by atoms with Gasteiger partial charge in [-0.3, -0.25) is 25.0 Å². The van der Waals surface area contributed by atoms with Gasteiger partial charge in [0.05, 0.1) is 28.7 Å². The molecule has 1 amide bonds. The lowest BCUT2D eigenvalue weighted by molar-refractivity contribution is -0.385. The third-order valence-corrected chi connectivity index (χ3v) is 3.23. The number of amides is 1. The van der Waals surface area contributed by atoms with Crippen molar-refractivity contribution in [2.24, 2.45) is 5.10 Å². The van der Waals surface area contributed by atoms with Crippen LogP contribution in [0.2, 0.25) is 0 Å². The van der Waals surface area contributed by atoms with E-state index in [-0.39, 0.29) is 34.0 Å². The average Bonchev–Trinajstić information content (AvgIpc) is 2.62. The number of hydrazone groups is 1. The van der Waals surface area contributed by atoms with Gasteiger partial charge in [-0.1, -0.05) is 0 Å². The molecule has 2 aromatic carbocycles. The molecule has 2 aromatic rings. The first-order valence-corrected chi connectivity index (χ1v) is 6.96. The zero-order chi connectivity index (χ0) is 19.3. The number of carbonyl (C=O) groups is 1. The van der Waals surface area contributed by atoms with Crippen molar-refractivity contribution in [3.05, 3.63) is 67.8 Å². The lowest BCUT2D eigenvalue weighted by atomic mass is 10.1. The first-order chi connectivity index (χ1) is 12.3. The summed E-state index contributed by atoms with van der Waals surface area (Å²) in [6.07, 6.45) is 1.00. The van der Waals surface area contributed by atoms with E-state index in [4.69, 9.17) is 4.74 Å². The van der Waals surface area contributed by atoms with Crippen LogP contribution in [0.1, 0.15) is 15.9 Å². The van der Waals surface area contributed by atoms with Crippen molar-refractivity contribution in [1.82, 2.24) is 5.43 Å². The summed E-state index contributed by atoms with van der Waals surface area (Å²) in [7, 11) is 1.29. The highest BCUT2D eigenvalue weighted by Crippen LogP contribution is 2.24. The third kappa shape index (κ3) is 4.08. The van der Waals surface area contributed by atoms with Gasteiger partial charge >= 0.3 is 0 Å². The van der Waals surface area contributed by atoms with Gasteiger partial charge in [0.2, 0.25) is 0 Å². The Balaban J connectivity index is 2.22. The second-order valence-electron chi connectivity index (χ2n) is 4.84. The molecule has 2 N–H and O–H groups in total. The van der Waals surface area contributed by atoms with Gasteiger partial charge in [0, 0.05) is 29.8 Å². The number of nitrogens with one attached hydrogen (secondary N) is 1. The molecule has 11 nitrogen and oxygen atoms in total. The van der Waals surface area contributed by atoms with Gasteiger partial charge in [0.25, 0.3) is 17.3 Å². The van der Waals surface area contributed by atoms with Gasteiger partial charge in [0.1, 0.15) is 11.5 Å². The molecule has 0 atom stereocenters. The van der Waals surface area contributed by atoms with Crippen molar-refractivity contribution in [2.45, 2.75) is 0 Å². The number of hydrogen-bond acceptors (Lipinski definition) is 8. The Kier molecular flexibility index (Phi) is 5.43. The number of nitrogens with zero attached hydrogens (tertiary/aromatic N) is 3. The largest absolute Gasteiger partial charge is 0.507 e. The van der Waals surface area contributed by atoms with Crippen molar-refractivity contribution in [3.63, 3.8) is 0 Å². The van der Waals surface area contributed by atoms with E-state index in [1.807, 2.05) is 0 Å². The predicted octanol–water partition coefficient (Wildman–Crippen LogP) is 1.98. The molecular weight excluding hydrogens is 348 g/mol. The summed E-state index contributed by atoms with van der Waals surface area (Å²) in [6, 6.07) is 6.76. The van der Waals surface area contributed by atoms with Gasteiger partial charge in [-0.05, 0) is 12.1 Å². The minimum absolute atomic E-state index is 0.00510. The number of phenolic OH excluding ortho intramolecular Hbond substituents is 1. The van der Waals surface area contributed by atoms with Crippen LogP contribution in [0.4, 0.5) is 11.4 Å². The molecule has 0 heterocycles. The second kappa shape index (κ2) is 7.70. The standard InChI is InChI=1S/C15H12N4O7/c1-26-14-5-3-11(19(24)25)7-12(14)15(21)17-16-8-9-6-10(18(22)23)2-4-13(9)20/h2-8,20H,1H3,(H,17,21)/b16-8+. The molecule has 0 bridgehead atoms. The van der Waals surface area contributed by atoms with Crippen LogP contribution < -0.4 is 10.2 Å². The Morgan fingerprint density at radius 2 is 1.77 bits per heavy atom.